The molecule has 0 aliphatic heterocycles. The van der Waals surface area contributed by atoms with Crippen LogP contribution in [0.25, 0.3) is 33.6 Å². The fourth-order valence-corrected chi connectivity index (χ4v) is 3.42. The van der Waals surface area contributed by atoms with Crippen LogP contribution >= 0.6 is 11.8 Å². The minimum Gasteiger partial charge on any atom is -0.496 e. The molecule has 4 rings (SSSR count). The molecule has 2 heterocycles. The van der Waals surface area contributed by atoms with Gasteiger partial charge in [-0.15, -0.1) is 11.8 Å². The third kappa shape index (κ3) is 2.68. The lowest BCUT2D eigenvalue weighted by molar-refractivity contribution is 0.415. The lowest BCUT2D eigenvalue weighted by Crippen LogP contribution is -1.92. The molecule has 0 amide bonds. The Labute approximate surface area is 155 Å². The number of furan rings is 1. The zero-order valence-electron chi connectivity index (χ0n) is 14.4. The number of para-hydroxylation sites is 1. The minimum absolute atomic E-state index is 0.392. The molecule has 0 unspecified atom stereocenters. The molecule has 0 saturated heterocycles. The van der Waals surface area contributed by atoms with Crippen LogP contribution in [-0.4, -0.2) is 23.3 Å². The monoisotopic (exact) mass is 363 g/mol. The highest BCUT2D eigenvalue weighted by Gasteiger charge is 2.23. The summed E-state index contributed by atoms with van der Waals surface area (Å²) in [6, 6.07) is 16.0. The largest absolute Gasteiger partial charge is 0.496 e. The topological polar surface area (TPSA) is 74.2 Å². The van der Waals surface area contributed by atoms with E-state index in [-0.39, 0.29) is 0 Å². The number of nitrogens with two attached hydrogens (primary N) is 1. The Morgan fingerprint density at radius 3 is 2.54 bits per heavy atom. The maximum atomic E-state index is 6.17. The van der Waals surface area contributed by atoms with Crippen LogP contribution in [-0.2, 0) is 0 Å². The third-order valence-electron chi connectivity index (χ3n) is 4.25. The van der Waals surface area contributed by atoms with Crippen LogP contribution in [0, 0.1) is 0 Å². The predicted octanol–water partition coefficient (Wildman–Crippen LogP) is 4.87. The Balaban J connectivity index is 2.05. The highest BCUT2D eigenvalue weighted by molar-refractivity contribution is 7.98. The number of methoxy groups -OCH3 is 1. The summed E-state index contributed by atoms with van der Waals surface area (Å²) in [6.07, 6.45) is 3.46. The van der Waals surface area contributed by atoms with Gasteiger partial charge in [0.05, 0.1) is 18.1 Å². The molecule has 4 aromatic rings. The summed E-state index contributed by atoms with van der Waals surface area (Å²) in [5, 5.41) is 0.713. The van der Waals surface area contributed by atoms with Crippen molar-refractivity contribution in [3.05, 3.63) is 54.9 Å². The number of aromatic nitrogens is 2. The van der Waals surface area contributed by atoms with Crippen molar-refractivity contribution in [2.75, 3.05) is 19.1 Å². The number of hydrogen-bond donors (Lipinski definition) is 1. The van der Waals surface area contributed by atoms with Crippen molar-refractivity contribution in [2.24, 2.45) is 0 Å². The van der Waals surface area contributed by atoms with Gasteiger partial charge < -0.3 is 14.9 Å². The second kappa shape index (κ2) is 6.72. The molecule has 2 aromatic carbocycles. The second-order valence-electron chi connectivity index (χ2n) is 5.67. The van der Waals surface area contributed by atoms with E-state index >= 15 is 0 Å². The number of nitrogen functional groups attached to an aromatic ring is 1. The van der Waals surface area contributed by atoms with E-state index in [9.17, 15) is 0 Å². The van der Waals surface area contributed by atoms with E-state index in [1.807, 2.05) is 30.5 Å². The van der Waals surface area contributed by atoms with Crippen LogP contribution in [0.1, 0.15) is 0 Å². The molecule has 0 aliphatic carbocycles. The first-order valence-electron chi connectivity index (χ1n) is 8.03. The van der Waals surface area contributed by atoms with Gasteiger partial charge in [0.25, 0.3) is 0 Å². The maximum Gasteiger partial charge on any atom is 0.232 e. The maximum absolute atomic E-state index is 6.17. The lowest BCUT2D eigenvalue weighted by atomic mass is 9.99. The van der Waals surface area contributed by atoms with Gasteiger partial charge in [0.2, 0.25) is 5.71 Å². The van der Waals surface area contributed by atoms with Crippen LogP contribution < -0.4 is 10.5 Å². The SMILES string of the molecule is COc1ccccc1-c1oc2ncnc(N)c2c1-c1ccc(SC)cc1. The molecule has 0 fully saturated rings. The predicted molar refractivity (Wildman–Crippen MR) is 105 cm³/mol. The van der Waals surface area contributed by atoms with Gasteiger partial charge in [-0.25, -0.2) is 9.97 Å². The molecule has 2 N–H and O–H groups in total. The Hall–Kier alpha value is -2.99. The lowest BCUT2D eigenvalue weighted by Gasteiger charge is -2.09. The van der Waals surface area contributed by atoms with Crippen LogP contribution in [0.5, 0.6) is 5.75 Å². The molecule has 5 nitrogen and oxygen atoms in total. The standard InChI is InChI=1S/C20H17N3O2S/c1-24-15-6-4-3-5-14(15)18-16(12-7-9-13(26-2)10-8-12)17-19(21)22-11-23-20(17)25-18/h3-11H,1-2H3,(H2,21,22,23). The zero-order chi connectivity index (χ0) is 18.1. The molecular formula is C20H17N3O2S. The first-order chi connectivity index (χ1) is 12.7. The summed E-state index contributed by atoms with van der Waals surface area (Å²) in [7, 11) is 1.64. The Morgan fingerprint density at radius 1 is 1.04 bits per heavy atom. The summed E-state index contributed by atoms with van der Waals surface area (Å²) in [5.74, 6) is 1.78. The van der Waals surface area contributed by atoms with Gasteiger partial charge in [0.1, 0.15) is 23.7 Å². The molecule has 6 heteroatoms. The van der Waals surface area contributed by atoms with E-state index < -0.39 is 0 Å². The highest BCUT2D eigenvalue weighted by Crippen LogP contribution is 2.44. The smallest absolute Gasteiger partial charge is 0.232 e. The molecular weight excluding hydrogens is 346 g/mol. The van der Waals surface area contributed by atoms with Crippen molar-refractivity contribution >= 4 is 28.7 Å². The van der Waals surface area contributed by atoms with E-state index in [1.165, 1.54) is 11.2 Å². The van der Waals surface area contributed by atoms with Crippen molar-refractivity contribution in [2.45, 2.75) is 4.90 Å². The Morgan fingerprint density at radius 2 is 1.81 bits per heavy atom. The third-order valence-corrected chi connectivity index (χ3v) is 4.99. The fourth-order valence-electron chi connectivity index (χ4n) is 3.01. The normalized spacial score (nSPS) is 11.0. The van der Waals surface area contributed by atoms with Crippen LogP contribution in [0.4, 0.5) is 5.82 Å². The molecule has 0 atom stereocenters. The van der Waals surface area contributed by atoms with Gasteiger partial charge in [-0.1, -0.05) is 24.3 Å². The number of ether oxygens (including phenoxy) is 1. The van der Waals surface area contributed by atoms with Crippen molar-refractivity contribution < 1.29 is 9.15 Å². The average Bonchev–Trinajstić information content (AvgIpc) is 3.08. The summed E-state index contributed by atoms with van der Waals surface area (Å²) < 4.78 is 11.6. The minimum atomic E-state index is 0.392. The Bertz CT molecular complexity index is 1070. The zero-order valence-corrected chi connectivity index (χ0v) is 15.2. The van der Waals surface area contributed by atoms with Crippen molar-refractivity contribution in [3.63, 3.8) is 0 Å². The number of rotatable bonds is 4. The molecule has 0 bridgehead atoms. The number of benzene rings is 2. The van der Waals surface area contributed by atoms with Gasteiger partial charge in [0.15, 0.2) is 0 Å². The van der Waals surface area contributed by atoms with E-state index in [0.717, 1.165) is 22.4 Å². The number of hydrogen-bond acceptors (Lipinski definition) is 6. The number of fused-ring (bicyclic) bond motifs is 1. The quantitative estimate of drug-likeness (QED) is 0.522. The summed E-state index contributed by atoms with van der Waals surface area (Å²) in [4.78, 5) is 9.59. The van der Waals surface area contributed by atoms with Crippen LogP contribution in [0.3, 0.4) is 0 Å². The number of thioether (sulfide) groups is 1. The molecule has 26 heavy (non-hydrogen) atoms. The summed E-state index contributed by atoms with van der Waals surface area (Å²) >= 11 is 1.70. The molecule has 0 aliphatic rings. The molecule has 0 saturated carbocycles. The highest BCUT2D eigenvalue weighted by atomic mass is 32.2. The van der Waals surface area contributed by atoms with E-state index in [2.05, 4.69) is 34.2 Å². The first-order valence-corrected chi connectivity index (χ1v) is 9.26. The van der Waals surface area contributed by atoms with Crippen molar-refractivity contribution in [1.29, 1.82) is 0 Å². The van der Waals surface area contributed by atoms with Crippen LogP contribution in [0.15, 0.2) is 64.2 Å². The van der Waals surface area contributed by atoms with Crippen LogP contribution in [0.2, 0.25) is 0 Å². The van der Waals surface area contributed by atoms with Gasteiger partial charge in [-0.05, 0) is 36.1 Å². The van der Waals surface area contributed by atoms with Gasteiger partial charge in [0, 0.05) is 10.5 Å². The van der Waals surface area contributed by atoms with Gasteiger partial charge in [-0.2, -0.15) is 0 Å². The number of nitrogens with zero attached hydrogens (tertiary/aromatic N) is 2. The summed E-state index contributed by atoms with van der Waals surface area (Å²) in [6.45, 7) is 0. The molecule has 130 valence electrons. The average molecular weight is 363 g/mol. The second-order valence-corrected chi connectivity index (χ2v) is 6.55. The molecule has 0 radical (unpaired) electrons. The Kier molecular flexibility index (Phi) is 4.26. The number of anilines is 1. The van der Waals surface area contributed by atoms with Crippen molar-refractivity contribution in [1.82, 2.24) is 9.97 Å². The van der Waals surface area contributed by atoms with Gasteiger partial charge in [-0.3, -0.25) is 0 Å². The van der Waals surface area contributed by atoms with E-state index in [0.29, 0.717) is 22.7 Å². The van der Waals surface area contributed by atoms with Crippen molar-refractivity contribution in [3.8, 4) is 28.2 Å². The fraction of sp³-hybridized carbons (Fsp3) is 0.100. The molecule has 2 aromatic heterocycles. The first kappa shape index (κ1) is 16.5. The van der Waals surface area contributed by atoms with E-state index in [4.69, 9.17) is 14.9 Å². The van der Waals surface area contributed by atoms with Gasteiger partial charge >= 0.3 is 0 Å². The molecule has 0 spiro atoms. The summed E-state index contributed by atoms with van der Waals surface area (Å²) in [5.41, 5.74) is 9.33. The van der Waals surface area contributed by atoms with E-state index in [1.54, 1.807) is 18.9 Å².